The zero-order valence-corrected chi connectivity index (χ0v) is 12.3. The van der Waals surface area contributed by atoms with Crippen LogP contribution in [0.3, 0.4) is 0 Å². The van der Waals surface area contributed by atoms with Gasteiger partial charge in [0.05, 0.1) is 6.54 Å². The van der Waals surface area contributed by atoms with Crippen molar-refractivity contribution in [1.29, 1.82) is 0 Å². The lowest BCUT2D eigenvalue weighted by atomic mass is 10.1. The monoisotopic (exact) mass is 340 g/mol. The van der Waals surface area contributed by atoms with Gasteiger partial charge in [-0.25, -0.2) is 4.39 Å². The van der Waals surface area contributed by atoms with Crippen LogP contribution < -0.4 is 5.32 Å². The number of halogens is 2. The molecule has 1 saturated heterocycles. The van der Waals surface area contributed by atoms with Gasteiger partial charge in [-0.2, -0.15) is 0 Å². The standard InChI is InChI=1S/C14H14BrFN2O2/c15-10-3-8(4-11(16)5-10)6-18-7-12(19)17-13(14(18)20)9-1-2-9/h3-5,9,13H,1-2,6-7H2,(H,17,19). The summed E-state index contributed by atoms with van der Waals surface area (Å²) in [5, 5.41) is 2.75. The Balaban J connectivity index is 1.77. The van der Waals surface area contributed by atoms with Gasteiger partial charge in [-0.1, -0.05) is 15.9 Å². The predicted octanol–water partition coefficient (Wildman–Crippen LogP) is 1.83. The molecule has 1 unspecified atom stereocenters. The zero-order valence-electron chi connectivity index (χ0n) is 10.7. The van der Waals surface area contributed by atoms with Crippen LogP contribution in [0.15, 0.2) is 22.7 Å². The molecule has 1 aromatic rings. The highest BCUT2D eigenvalue weighted by atomic mass is 79.9. The highest BCUT2D eigenvalue weighted by Crippen LogP contribution is 2.34. The number of nitrogens with zero attached hydrogens (tertiary/aromatic N) is 1. The molecule has 1 N–H and O–H groups in total. The molecule has 0 bridgehead atoms. The SMILES string of the molecule is O=C1CN(Cc2cc(F)cc(Br)c2)C(=O)C(C2CC2)N1. The van der Waals surface area contributed by atoms with Crippen molar-refractivity contribution in [1.82, 2.24) is 10.2 Å². The Bertz CT molecular complexity index is 554. The molecule has 1 aromatic carbocycles. The average Bonchev–Trinajstić information content (AvgIpc) is 3.16. The van der Waals surface area contributed by atoms with Gasteiger partial charge in [-0.3, -0.25) is 9.59 Å². The minimum absolute atomic E-state index is 0.0379. The van der Waals surface area contributed by atoms with Gasteiger partial charge >= 0.3 is 0 Å². The third-order valence-electron chi connectivity index (χ3n) is 3.62. The van der Waals surface area contributed by atoms with Crippen LogP contribution in [0.5, 0.6) is 0 Å². The van der Waals surface area contributed by atoms with Crippen LogP contribution in [0.25, 0.3) is 0 Å². The molecule has 2 amide bonds. The van der Waals surface area contributed by atoms with E-state index < -0.39 is 6.04 Å². The molecule has 3 rings (SSSR count). The number of carbonyl (C=O) groups excluding carboxylic acids is 2. The summed E-state index contributed by atoms with van der Waals surface area (Å²) in [5.41, 5.74) is 0.675. The molecule has 1 atom stereocenters. The summed E-state index contributed by atoms with van der Waals surface area (Å²) in [6.07, 6.45) is 1.96. The van der Waals surface area contributed by atoms with Gasteiger partial charge in [-0.05, 0) is 42.5 Å². The molecule has 20 heavy (non-hydrogen) atoms. The van der Waals surface area contributed by atoms with Gasteiger partial charge in [0.25, 0.3) is 0 Å². The van der Waals surface area contributed by atoms with E-state index in [0.29, 0.717) is 10.0 Å². The van der Waals surface area contributed by atoms with Gasteiger partial charge in [-0.15, -0.1) is 0 Å². The molecule has 2 aliphatic rings. The van der Waals surface area contributed by atoms with Crippen molar-refractivity contribution in [2.45, 2.75) is 25.4 Å². The van der Waals surface area contributed by atoms with E-state index in [0.717, 1.165) is 12.8 Å². The number of benzene rings is 1. The molecule has 4 nitrogen and oxygen atoms in total. The molecule has 1 saturated carbocycles. The summed E-state index contributed by atoms with van der Waals surface area (Å²) < 4.78 is 14.0. The quantitative estimate of drug-likeness (QED) is 0.912. The second-order valence-electron chi connectivity index (χ2n) is 5.35. The second-order valence-corrected chi connectivity index (χ2v) is 6.27. The maximum Gasteiger partial charge on any atom is 0.246 e. The van der Waals surface area contributed by atoms with Gasteiger partial charge in [0.15, 0.2) is 0 Å². The molecule has 2 fully saturated rings. The van der Waals surface area contributed by atoms with Crippen LogP contribution in [0.2, 0.25) is 0 Å². The topological polar surface area (TPSA) is 49.4 Å². The molecular weight excluding hydrogens is 327 g/mol. The Kier molecular flexibility index (Phi) is 3.50. The Morgan fingerprint density at radius 3 is 2.70 bits per heavy atom. The van der Waals surface area contributed by atoms with Crippen LogP contribution in [0.4, 0.5) is 4.39 Å². The van der Waals surface area contributed by atoms with Crippen molar-refractivity contribution in [2.24, 2.45) is 5.92 Å². The third kappa shape index (κ3) is 2.85. The fourth-order valence-electron chi connectivity index (χ4n) is 2.53. The third-order valence-corrected chi connectivity index (χ3v) is 4.08. The van der Waals surface area contributed by atoms with E-state index in [1.54, 1.807) is 6.07 Å². The van der Waals surface area contributed by atoms with Crippen LogP contribution in [-0.4, -0.2) is 29.3 Å². The van der Waals surface area contributed by atoms with Crippen molar-refractivity contribution in [3.05, 3.63) is 34.1 Å². The fourth-order valence-corrected chi connectivity index (χ4v) is 3.05. The summed E-state index contributed by atoms with van der Waals surface area (Å²) >= 11 is 3.23. The van der Waals surface area contributed by atoms with Crippen LogP contribution in [-0.2, 0) is 16.1 Å². The smallest absolute Gasteiger partial charge is 0.246 e. The fraction of sp³-hybridized carbons (Fsp3) is 0.429. The lowest BCUT2D eigenvalue weighted by Gasteiger charge is -2.32. The number of carbonyl (C=O) groups is 2. The zero-order chi connectivity index (χ0) is 14.3. The van der Waals surface area contributed by atoms with Crippen molar-refractivity contribution >= 4 is 27.7 Å². The summed E-state index contributed by atoms with van der Waals surface area (Å²) in [4.78, 5) is 25.5. The maximum atomic E-state index is 13.4. The van der Waals surface area contributed by atoms with E-state index in [9.17, 15) is 14.0 Å². The second kappa shape index (κ2) is 5.16. The number of amides is 2. The molecule has 106 valence electrons. The van der Waals surface area contributed by atoms with Gasteiger partial charge < -0.3 is 10.2 Å². The maximum absolute atomic E-state index is 13.4. The first-order valence-corrected chi connectivity index (χ1v) is 7.35. The van der Waals surface area contributed by atoms with Crippen molar-refractivity contribution in [3.8, 4) is 0 Å². The lowest BCUT2D eigenvalue weighted by molar-refractivity contribution is -0.145. The largest absolute Gasteiger partial charge is 0.342 e. The predicted molar refractivity (Wildman–Crippen MR) is 74.2 cm³/mol. The van der Waals surface area contributed by atoms with Gasteiger partial charge in [0.1, 0.15) is 11.9 Å². The highest BCUT2D eigenvalue weighted by Gasteiger charge is 2.42. The number of piperazine rings is 1. The van der Waals surface area contributed by atoms with Crippen molar-refractivity contribution in [3.63, 3.8) is 0 Å². The normalized spacial score (nSPS) is 22.9. The van der Waals surface area contributed by atoms with Gasteiger partial charge in [0, 0.05) is 11.0 Å². The van der Waals surface area contributed by atoms with Crippen LogP contribution in [0, 0.1) is 11.7 Å². The first kappa shape index (κ1) is 13.5. The van der Waals surface area contributed by atoms with E-state index >= 15 is 0 Å². The molecule has 0 aromatic heterocycles. The molecule has 0 radical (unpaired) electrons. The van der Waals surface area contributed by atoms with Crippen molar-refractivity contribution in [2.75, 3.05) is 6.54 Å². The number of hydrogen-bond donors (Lipinski definition) is 1. The van der Waals surface area contributed by atoms with Gasteiger partial charge in [0.2, 0.25) is 11.8 Å². The number of rotatable bonds is 3. The minimum Gasteiger partial charge on any atom is -0.342 e. The molecule has 6 heteroatoms. The molecule has 1 aliphatic heterocycles. The van der Waals surface area contributed by atoms with Crippen LogP contribution in [0.1, 0.15) is 18.4 Å². The Morgan fingerprint density at radius 2 is 2.05 bits per heavy atom. The van der Waals surface area contributed by atoms with E-state index in [1.807, 2.05) is 0 Å². The first-order valence-electron chi connectivity index (χ1n) is 6.56. The molecule has 0 spiro atoms. The molecular formula is C14H14BrFN2O2. The molecule has 1 aliphatic carbocycles. The number of hydrogen-bond acceptors (Lipinski definition) is 2. The van der Waals surface area contributed by atoms with Crippen molar-refractivity contribution < 1.29 is 14.0 Å². The first-order chi connectivity index (χ1) is 9.52. The van der Waals surface area contributed by atoms with E-state index in [4.69, 9.17) is 0 Å². The average molecular weight is 341 g/mol. The molecule has 1 heterocycles. The Hall–Kier alpha value is -1.43. The summed E-state index contributed by atoms with van der Waals surface area (Å²) in [5.74, 6) is -0.292. The van der Waals surface area contributed by atoms with E-state index in [1.165, 1.54) is 17.0 Å². The van der Waals surface area contributed by atoms with Crippen LogP contribution >= 0.6 is 15.9 Å². The van der Waals surface area contributed by atoms with E-state index in [2.05, 4.69) is 21.2 Å². The summed E-state index contributed by atoms with van der Waals surface area (Å²) in [7, 11) is 0. The van der Waals surface area contributed by atoms with E-state index in [-0.39, 0.29) is 36.6 Å². The lowest BCUT2D eigenvalue weighted by Crippen LogP contribution is -2.58. The summed E-state index contributed by atoms with van der Waals surface area (Å²) in [6, 6.07) is 4.11. The highest BCUT2D eigenvalue weighted by molar-refractivity contribution is 9.10. The summed E-state index contributed by atoms with van der Waals surface area (Å²) in [6.45, 7) is 0.294. The minimum atomic E-state index is -0.395. The Morgan fingerprint density at radius 1 is 1.30 bits per heavy atom. The number of nitrogens with one attached hydrogen (secondary N) is 1. The Labute approximate surface area is 124 Å².